The fourth-order valence-corrected chi connectivity index (χ4v) is 4.68. The second-order valence-electron chi connectivity index (χ2n) is 7.14. The summed E-state index contributed by atoms with van der Waals surface area (Å²) in [4.78, 5) is 18.8. The van der Waals surface area contributed by atoms with E-state index in [1.165, 1.54) is 12.1 Å². The van der Waals surface area contributed by atoms with Crippen LogP contribution in [-0.4, -0.2) is 41.9 Å². The van der Waals surface area contributed by atoms with Crippen molar-refractivity contribution < 1.29 is 17.6 Å². The van der Waals surface area contributed by atoms with Crippen LogP contribution in [0.1, 0.15) is 29.2 Å². The van der Waals surface area contributed by atoms with Crippen LogP contribution in [0.2, 0.25) is 0 Å². The van der Waals surface area contributed by atoms with Crippen LogP contribution < -0.4 is 4.72 Å². The van der Waals surface area contributed by atoms with E-state index in [0.29, 0.717) is 19.1 Å². The van der Waals surface area contributed by atoms with E-state index >= 15 is 0 Å². The van der Waals surface area contributed by atoms with Gasteiger partial charge in [0.25, 0.3) is 15.9 Å². The Labute approximate surface area is 174 Å². The number of aromatic nitrogens is 2. The van der Waals surface area contributed by atoms with Crippen LogP contribution in [0, 0.1) is 5.82 Å². The van der Waals surface area contributed by atoms with Crippen LogP contribution >= 0.6 is 0 Å². The van der Waals surface area contributed by atoms with Gasteiger partial charge in [0.05, 0.1) is 22.5 Å². The number of para-hydroxylation sites is 1. The molecule has 7 nitrogen and oxygen atoms in total. The number of nitrogens with zero attached hydrogens (tertiary/aromatic N) is 3. The largest absolute Gasteiger partial charge is 0.338 e. The molecule has 9 heteroatoms. The molecule has 1 amide bonds. The quantitative estimate of drug-likeness (QED) is 0.676. The molecule has 1 fully saturated rings. The average Bonchev–Trinajstić information content (AvgIpc) is 3.29. The number of hydrogen-bond donors (Lipinski definition) is 1. The molecule has 0 aliphatic carbocycles. The summed E-state index contributed by atoms with van der Waals surface area (Å²) >= 11 is 0. The number of benzene rings is 2. The zero-order valence-corrected chi connectivity index (χ0v) is 16.9. The highest BCUT2D eigenvalue weighted by atomic mass is 32.2. The normalized spacial score (nSPS) is 15.2. The lowest BCUT2D eigenvalue weighted by Crippen LogP contribution is -2.39. The van der Waals surface area contributed by atoms with Gasteiger partial charge in [0.2, 0.25) is 0 Å². The lowest BCUT2D eigenvalue weighted by molar-refractivity contribution is 0.0695. The molecule has 2 aromatic carbocycles. The Morgan fingerprint density at radius 3 is 2.43 bits per heavy atom. The lowest BCUT2D eigenvalue weighted by atomic mass is 10.0. The fraction of sp³-hybridized carbons (Fsp3) is 0.238. The minimum absolute atomic E-state index is 0.0766. The lowest BCUT2D eigenvalue weighted by Gasteiger charge is -2.33. The molecule has 156 valence electrons. The van der Waals surface area contributed by atoms with Gasteiger partial charge in [-0.2, -0.15) is 0 Å². The second-order valence-corrected chi connectivity index (χ2v) is 8.82. The minimum atomic E-state index is -3.95. The third-order valence-corrected chi connectivity index (χ3v) is 6.61. The van der Waals surface area contributed by atoms with Crippen molar-refractivity contribution >= 4 is 21.6 Å². The van der Waals surface area contributed by atoms with Crippen LogP contribution in [0.25, 0.3) is 0 Å². The fourth-order valence-electron chi connectivity index (χ4n) is 3.60. The molecule has 0 spiro atoms. The number of carbonyl (C=O) groups excluding carboxylic acids is 1. The number of amides is 1. The minimum Gasteiger partial charge on any atom is -0.338 e. The van der Waals surface area contributed by atoms with Crippen molar-refractivity contribution in [3.8, 4) is 0 Å². The predicted octanol–water partition coefficient (Wildman–Crippen LogP) is 3.30. The third kappa shape index (κ3) is 4.20. The highest BCUT2D eigenvalue weighted by molar-refractivity contribution is 7.92. The van der Waals surface area contributed by atoms with Crippen molar-refractivity contribution in [2.24, 2.45) is 0 Å². The summed E-state index contributed by atoms with van der Waals surface area (Å²) in [5.41, 5.74) is 0.479. The molecule has 0 unspecified atom stereocenters. The topological polar surface area (TPSA) is 84.3 Å². The van der Waals surface area contributed by atoms with Crippen LogP contribution in [0.5, 0.6) is 0 Å². The number of carbonyl (C=O) groups is 1. The molecule has 30 heavy (non-hydrogen) atoms. The number of nitrogens with one attached hydrogen (secondary N) is 1. The van der Waals surface area contributed by atoms with Crippen molar-refractivity contribution in [3.05, 3.63) is 78.6 Å². The summed E-state index contributed by atoms with van der Waals surface area (Å²) in [6.07, 6.45) is 7.03. The van der Waals surface area contributed by atoms with Gasteiger partial charge in [0, 0.05) is 31.5 Å². The van der Waals surface area contributed by atoms with Gasteiger partial charge in [-0.05, 0) is 49.2 Å². The van der Waals surface area contributed by atoms with Gasteiger partial charge in [0.15, 0.2) is 0 Å². The summed E-state index contributed by atoms with van der Waals surface area (Å²) in [5.74, 6) is -0.750. The molecule has 1 aliphatic heterocycles. The molecular weight excluding hydrogens is 407 g/mol. The molecule has 0 saturated carbocycles. The monoisotopic (exact) mass is 428 g/mol. The van der Waals surface area contributed by atoms with E-state index in [1.54, 1.807) is 41.7 Å². The summed E-state index contributed by atoms with van der Waals surface area (Å²) in [5, 5.41) is 0. The molecule has 0 bridgehead atoms. The molecule has 3 aromatic rings. The van der Waals surface area contributed by atoms with Crippen molar-refractivity contribution in [2.45, 2.75) is 23.8 Å². The zero-order chi connectivity index (χ0) is 21.1. The first kappa shape index (κ1) is 20.1. The van der Waals surface area contributed by atoms with Gasteiger partial charge in [-0.3, -0.25) is 9.52 Å². The van der Waals surface area contributed by atoms with Gasteiger partial charge < -0.3 is 9.47 Å². The smallest absolute Gasteiger partial charge is 0.261 e. The molecule has 1 aliphatic rings. The first-order valence-electron chi connectivity index (χ1n) is 9.58. The number of likely N-dealkylation sites (tertiary alicyclic amines) is 1. The Morgan fingerprint density at radius 1 is 1.07 bits per heavy atom. The standard InChI is InChI=1S/C21H21FN4O3S/c22-16-5-7-18(8-6-16)30(28,29)24-20-4-2-1-3-19(20)21(27)25-12-9-17(10-13-25)26-14-11-23-15-26/h1-8,11,14-15,17,24H,9-10,12-13H2. The van der Waals surface area contributed by atoms with Crippen LogP contribution in [-0.2, 0) is 10.0 Å². The molecule has 1 N–H and O–H groups in total. The van der Waals surface area contributed by atoms with Gasteiger partial charge in [-0.15, -0.1) is 0 Å². The van der Waals surface area contributed by atoms with E-state index in [4.69, 9.17) is 0 Å². The number of imidazole rings is 1. The number of anilines is 1. The predicted molar refractivity (Wildman–Crippen MR) is 110 cm³/mol. The maximum atomic E-state index is 13.1. The maximum absolute atomic E-state index is 13.1. The summed E-state index contributed by atoms with van der Waals surface area (Å²) < 4.78 is 43.0. The number of hydrogen-bond acceptors (Lipinski definition) is 4. The highest BCUT2D eigenvalue weighted by Gasteiger charge is 2.26. The van der Waals surface area contributed by atoms with E-state index < -0.39 is 15.8 Å². The molecular formula is C21H21FN4O3S. The van der Waals surface area contributed by atoms with E-state index in [1.807, 2.05) is 10.8 Å². The van der Waals surface area contributed by atoms with Crippen molar-refractivity contribution in [2.75, 3.05) is 17.8 Å². The van der Waals surface area contributed by atoms with E-state index in [2.05, 4.69) is 9.71 Å². The first-order chi connectivity index (χ1) is 14.4. The van der Waals surface area contributed by atoms with Gasteiger partial charge in [0.1, 0.15) is 5.82 Å². The Kier molecular flexibility index (Phi) is 5.54. The molecule has 1 saturated heterocycles. The Hall–Kier alpha value is -3.20. The molecule has 1 aromatic heterocycles. The Bertz CT molecular complexity index is 1120. The molecule has 0 atom stereocenters. The number of halogens is 1. The van der Waals surface area contributed by atoms with Gasteiger partial charge in [-0.1, -0.05) is 12.1 Å². The highest BCUT2D eigenvalue weighted by Crippen LogP contribution is 2.26. The van der Waals surface area contributed by atoms with Crippen LogP contribution in [0.4, 0.5) is 10.1 Å². The van der Waals surface area contributed by atoms with Crippen molar-refractivity contribution in [3.63, 3.8) is 0 Å². The van der Waals surface area contributed by atoms with E-state index in [9.17, 15) is 17.6 Å². The summed E-state index contributed by atoms with van der Waals surface area (Å²) in [7, 11) is -3.95. The maximum Gasteiger partial charge on any atom is 0.261 e. The van der Waals surface area contributed by atoms with Crippen molar-refractivity contribution in [1.29, 1.82) is 0 Å². The number of piperidine rings is 1. The molecule has 4 rings (SSSR count). The Balaban J connectivity index is 1.50. The first-order valence-corrected chi connectivity index (χ1v) is 11.1. The Morgan fingerprint density at radius 2 is 1.77 bits per heavy atom. The van der Waals surface area contributed by atoms with Crippen molar-refractivity contribution in [1.82, 2.24) is 14.5 Å². The number of sulfonamides is 1. The van der Waals surface area contributed by atoms with E-state index in [0.717, 1.165) is 25.0 Å². The van der Waals surface area contributed by atoms with Crippen LogP contribution in [0.3, 0.4) is 0 Å². The van der Waals surface area contributed by atoms with Crippen LogP contribution in [0.15, 0.2) is 72.1 Å². The molecule has 0 radical (unpaired) electrons. The second kappa shape index (κ2) is 8.27. The zero-order valence-electron chi connectivity index (χ0n) is 16.1. The number of rotatable bonds is 5. The third-order valence-electron chi connectivity index (χ3n) is 5.22. The SMILES string of the molecule is O=C(c1ccccc1NS(=O)(=O)c1ccc(F)cc1)N1CCC(n2ccnc2)CC1. The average molecular weight is 428 g/mol. The van der Waals surface area contributed by atoms with Gasteiger partial charge >= 0.3 is 0 Å². The molecule has 2 heterocycles. The van der Waals surface area contributed by atoms with E-state index in [-0.39, 0.29) is 22.1 Å². The summed E-state index contributed by atoms with van der Waals surface area (Å²) in [6.45, 7) is 1.14. The summed E-state index contributed by atoms with van der Waals surface area (Å²) in [6, 6.07) is 11.3. The van der Waals surface area contributed by atoms with Gasteiger partial charge in [-0.25, -0.2) is 17.8 Å².